The Bertz CT molecular complexity index is 651. The van der Waals surface area contributed by atoms with Gasteiger partial charge < -0.3 is 10.0 Å². The van der Waals surface area contributed by atoms with Crippen LogP contribution in [-0.4, -0.2) is 48.2 Å². The molecule has 110 valence electrons. The van der Waals surface area contributed by atoms with Crippen LogP contribution in [0.3, 0.4) is 0 Å². The minimum absolute atomic E-state index is 0.130. The van der Waals surface area contributed by atoms with Crippen molar-refractivity contribution >= 4 is 22.4 Å². The van der Waals surface area contributed by atoms with Gasteiger partial charge in [0.05, 0.1) is 6.54 Å². The standard InChI is InChI=1S/C17H20N2O2/c1-13-11-19(10-9-18(13)12-17(20)21)16-8-4-6-14-5-2-3-7-15(14)16/h2-8,13H,9-12H2,1H3,(H,20,21). The molecule has 0 aliphatic carbocycles. The number of carboxylic acid groups (broad SMARTS) is 1. The van der Waals surface area contributed by atoms with Crippen LogP contribution in [0.1, 0.15) is 6.92 Å². The van der Waals surface area contributed by atoms with E-state index in [2.05, 4.69) is 54.3 Å². The molecule has 4 heteroatoms. The fourth-order valence-electron chi connectivity index (χ4n) is 3.11. The number of hydrogen-bond donors (Lipinski definition) is 1. The summed E-state index contributed by atoms with van der Waals surface area (Å²) < 4.78 is 0. The largest absolute Gasteiger partial charge is 0.480 e. The minimum atomic E-state index is -0.750. The highest BCUT2D eigenvalue weighted by molar-refractivity contribution is 5.94. The Hall–Kier alpha value is -2.07. The number of nitrogens with zero attached hydrogens (tertiary/aromatic N) is 2. The molecule has 0 saturated carbocycles. The van der Waals surface area contributed by atoms with Crippen LogP contribution in [-0.2, 0) is 4.79 Å². The Morgan fingerprint density at radius 2 is 1.95 bits per heavy atom. The Balaban J connectivity index is 1.83. The van der Waals surface area contributed by atoms with Gasteiger partial charge in [0.15, 0.2) is 0 Å². The summed E-state index contributed by atoms with van der Waals surface area (Å²) in [5, 5.41) is 11.5. The number of carboxylic acids is 1. The predicted octanol–water partition coefficient (Wildman–Crippen LogP) is 2.43. The maximum Gasteiger partial charge on any atom is 0.317 e. The number of rotatable bonds is 3. The van der Waals surface area contributed by atoms with Gasteiger partial charge in [-0.15, -0.1) is 0 Å². The normalized spacial score (nSPS) is 19.9. The Labute approximate surface area is 124 Å². The molecule has 0 bridgehead atoms. The van der Waals surface area contributed by atoms with Crippen molar-refractivity contribution in [2.45, 2.75) is 13.0 Å². The van der Waals surface area contributed by atoms with Crippen LogP contribution >= 0.6 is 0 Å². The van der Waals surface area contributed by atoms with Gasteiger partial charge in [-0.3, -0.25) is 9.69 Å². The van der Waals surface area contributed by atoms with Gasteiger partial charge in [-0.2, -0.15) is 0 Å². The average molecular weight is 284 g/mol. The van der Waals surface area contributed by atoms with Gasteiger partial charge >= 0.3 is 5.97 Å². The first-order valence-electron chi connectivity index (χ1n) is 7.33. The molecule has 1 heterocycles. The van der Waals surface area contributed by atoms with E-state index >= 15 is 0 Å². The first kappa shape index (κ1) is 13.9. The lowest BCUT2D eigenvalue weighted by Crippen LogP contribution is -2.53. The minimum Gasteiger partial charge on any atom is -0.480 e. The van der Waals surface area contributed by atoms with Gasteiger partial charge in [-0.25, -0.2) is 0 Å². The summed E-state index contributed by atoms with van der Waals surface area (Å²) in [5.74, 6) is -0.750. The van der Waals surface area contributed by atoms with Crippen molar-refractivity contribution in [3.63, 3.8) is 0 Å². The summed E-state index contributed by atoms with van der Waals surface area (Å²) >= 11 is 0. The van der Waals surface area contributed by atoms with Crippen LogP contribution in [0.25, 0.3) is 10.8 Å². The molecule has 1 aliphatic rings. The summed E-state index contributed by atoms with van der Waals surface area (Å²) in [4.78, 5) is 15.3. The van der Waals surface area contributed by atoms with E-state index in [1.54, 1.807) is 0 Å². The maximum atomic E-state index is 10.9. The monoisotopic (exact) mass is 284 g/mol. The molecule has 1 unspecified atom stereocenters. The zero-order valence-electron chi connectivity index (χ0n) is 12.2. The molecular formula is C17H20N2O2. The SMILES string of the molecule is CC1CN(c2cccc3ccccc23)CCN1CC(=O)O. The second-order valence-electron chi connectivity index (χ2n) is 5.66. The molecule has 0 aromatic heterocycles. The van der Waals surface area contributed by atoms with Crippen LogP contribution < -0.4 is 4.90 Å². The lowest BCUT2D eigenvalue weighted by Gasteiger charge is -2.40. The molecule has 1 saturated heterocycles. The highest BCUT2D eigenvalue weighted by atomic mass is 16.4. The van der Waals surface area contributed by atoms with Gasteiger partial charge in [0.1, 0.15) is 0 Å². The van der Waals surface area contributed by atoms with Crippen molar-refractivity contribution in [3.05, 3.63) is 42.5 Å². The number of piperazine rings is 1. The molecule has 2 aromatic carbocycles. The van der Waals surface area contributed by atoms with E-state index in [1.807, 2.05) is 4.90 Å². The molecule has 0 radical (unpaired) electrons. The molecule has 0 spiro atoms. The second-order valence-corrected chi connectivity index (χ2v) is 5.66. The van der Waals surface area contributed by atoms with Gasteiger partial charge in [-0.1, -0.05) is 36.4 Å². The molecule has 3 rings (SSSR count). The van der Waals surface area contributed by atoms with Gasteiger partial charge in [0.2, 0.25) is 0 Å². The number of carbonyl (C=O) groups is 1. The fraction of sp³-hybridized carbons (Fsp3) is 0.353. The molecular weight excluding hydrogens is 264 g/mol. The molecule has 1 fully saturated rings. The molecule has 1 atom stereocenters. The zero-order valence-corrected chi connectivity index (χ0v) is 12.2. The fourth-order valence-corrected chi connectivity index (χ4v) is 3.11. The van der Waals surface area contributed by atoms with Crippen molar-refractivity contribution < 1.29 is 9.90 Å². The number of fused-ring (bicyclic) bond motifs is 1. The average Bonchev–Trinajstić information content (AvgIpc) is 2.48. The highest BCUT2D eigenvalue weighted by Crippen LogP contribution is 2.28. The lowest BCUT2D eigenvalue weighted by molar-refractivity contribution is -0.138. The zero-order chi connectivity index (χ0) is 14.8. The number of hydrogen-bond acceptors (Lipinski definition) is 3. The lowest BCUT2D eigenvalue weighted by atomic mass is 10.1. The van der Waals surface area contributed by atoms with E-state index in [4.69, 9.17) is 5.11 Å². The summed E-state index contributed by atoms with van der Waals surface area (Å²) in [6, 6.07) is 15.0. The Morgan fingerprint density at radius 3 is 2.71 bits per heavy atom. The van der Waals surface area contributed by atoms with Crippen molar-refractivity contribution in [3.8, 4) is 0 Å². The number of anilines is 1. The smallest absolute Gasteiger partial charge is 0.317 e. The first-order chi connectivity index (χ1) is 10.1. The van der Waals surface area contributed by atoms with Crippen LogP contribution in [0.5, 0.6) is 0 Å². The Kier molecular flexibility index (Phi) is 3.80. The highest BCUT2D eigenvalue weighted by Gasteiger charge is 2.25. The van der Waals surface area contributed by atoms with Crippen molar-refractivity contribution in [2.24, 2.45) is 0 Å². The topological polar surface area (TPSA) is 43.8 Å². The summed E-state index contributed by atoms with van der Waals surface area (Å²) in [7, 11) is 0. The summed E-state index contributed by atoms with van der Waals surface area (Å²) in [6.07, 6.45) is 0. The van der Waals surface area contributed by atoms with Gasteiger partial charge in [0.25, 0.3) is 0 Å². The molecule has 21 heavy (non-hydrogen) atoms. The van der Waals surface area contributed by atoms with Crippen molar-refractivity contribution in [1.82, 2.24) is 4.90 Å². The third-order valence-corrected chi connectivity index (χ3v) is 4.21. The van der Waals surface area contributed by atoms with Gasteiger partial charge in [0, 0.05) is 36.7 Å². The first-order valence-corrected chi connectivity index (χ1v) is 7.33. The molecule has 4 nitrogen and oxygen atoms in total. The van der Waals surface area contributed by atoms with E-state index in [9.17, 15) is 4.79 Å². The molecule has 2 aromatic rings. The van der Waals surface area contributed by atoms with Crippen LogP contribution in [0.4, 0.5) is 5.69 Å². The second kappa shape index (κ2) is 5.74. The summed E-state index contributed by atoms with van der Waals surface area (Å²) in [5.41, 5.74) is 1.25. The van der Waals surface area contributed by atoms with Crippen molar-refractivity contribution in [1.29, 1.82) is 0 Å². The number of aliphatic carboxylic acids is 1. The van der Waals surface area contributed by atoms with E-state index in [1.165, 1.54) is 16.5 Å². The number of benzene rings is 2. The molecule has 1 aliphatic heterocycles. The quantitative estimate of drug-likeness (QED) is 0.940. The van der Waals surface area contributed by atoms with Crippen LogP contribution in [0.2, 0.25) is 0 Å². The van der Waals surface area contributed by atoms with Crippen LogP contribution in [0.15, 0.2) is 42.5 Å². The Morgan fingerprint density at radius 1 is 1.19 bits per heavy atom. The molecule has 0 amide bonds. The third kappa shape index (κ3) is 2.85. The van der Waals surface area contributed by atoms with Crippen molar-refractivity contribution in [2.75, 3.05) is 31.1 Å². The van der Waals surface area contributed by atoms with Crippen LogP contribution in [0, 0.1) is 0 Å². The summed E-state index contributed by atoms with van der Waals surface area (Å²) in [6.45, 7) is 4.74. The van der Waals surface area contributed by atoms with E-state index < -0.39 is 5.97 Å². The van der Waals surface area contributed by atoms with E-state index in [0.717, 1.165) is 19.6 Å². The van der Waals surface area contributed by atoms with E-state index in [0.29, 0.717) is 0 Å². The third-order valence-electron chi connectivity index (χ3n) is 4.21. The maximum absolute atomic E-state index is 10.9. The van der Waals surface area contributed by atoms with Gasteiger partial charge in [-0.05, 0) is 18.4 Å². The van der Waals surface area contributed by atoms with E-state index in [-0.39, 0.29) is 12.6 Å². The predicted molar refractivity (Wildman–Crippen MR) is 84.8 cm³/mol. The molecule has 1 N–H and O–H groups in total.